The van der Waals surface area contributed by atoms with E-state index in [0.717, 1.165) is 0 Å². The molecule has 0 fully saturated rings. The third kappa shape index (κ3) is 3.52. The molecule has 1 atom stereocenters. The summed E-state index contributed by atoms with van der Waals surface area (Å²) in [6, 6.07) is 19.4. The Morgan fingerprint density at radius 3 is 2.48 bits per heavy atom. The molecular formula is C23H22N4O4. The molecule has 0 spiro atoms. The standard InChI is InChI=1S/C23H22N4O4/c1-25(2)18-13-12-15(14-20(18)27(29)30)22-24-17-9-5-4-8-16(17)23(28)26(22)19-10-6-7-11-21(19)31-3/h4-14,22,24H,1-3H3/t22-/m0/s1. The smallest absolute Gasteiger partial charge is 0.292 e. The van der Waals surface area contributed by atoms with Gasteiger partial charge in [-0.25, -0.2) is 0 Å². The van der Waals surface area contributed by atoms with Gasteiger partial charge in [0.15, 0.2) is 0 Å². The summed E-state index contributed by atoms with van der Waals surface area (Å²) in [5.74, 6) is 0.310. The monoisotopic (exact) mass is 418 g/mol. The number of nitrogens with zero attached hydrogens (tertiary/aromatic N) is 3. The Morgan fingerprint density at radius 1 is 1.06 bits per heavy atom. The van der Waals surface area contributed by atoms with E-state index >= 15 is 0 Å². The number of methoxy groups -OCH3 is 1. The molecule has 1 N–H and O–H groups in total. The van der Waals surface area contributed by atoms with Crippen molar-refractivity contribution in [2.75, 3.05) is 36.3 Å². The Hall–Kier alpha value is -4.07. The SMILES string of the molecule is COc1ccccc1N1C(=O)c2ccccc2N[C@@H]1c1ccc(N(C)C)c([N+](=O)[O-])c1. The molecule has 1 amide bonds. The number of nitro groups is 1. The number of ether oxygens (including phenoxy) is 1. The van der Waals surface area contributed by atoms with Crippen LogP contribution in [-0.2, 0) is 0 Å². The first-order chi connectivity index (χ1) is 14.9. The van der Waals surface area contributed by atoms with Crippen LogP contribution < -0.4 is 19.9 Å². The molecule has 3 aromatic rings. The Bertz CT molecular complexity index is 1160. The number of hydrogen-bond acceptors (Lipinski definition) is 6. The van der Waals surface area contributed by atoms with E-state index in [2.05, 4.69) is 5.32 Å². The lowest BCUT2D eigenvalue weighted by atomic mass is 10.0. The highest BCUT2D eigenvalue weighted by atomic mass is 16.6. The van der Waals surface area contributed by atoms with Crippen molar-refractivity contribution in [3.05, 3.63) is 88.0 Å². The summed E-state index contributed by atoms with van der Waals surface area (Å²) in [6.45, 7) is 0. The first-order valence-electron chi connectivity index (χ1n) is 9.70. The normalized spacial score (nSPS) is 15.1. The zero-order chi connectivity index (χ0) is 22.1. The van der Waals surface area contributed by atoms with Gasteiger partial charge < -0.3 is 15.0 Å². The molecule has 3 aromatic carbocycles. The maximum absolute atomic E-state index is 13.6. The average molecular weight is 418 g/mol. The average Bonchev–Trinajstić information content (AvgIpc) is 2.78. The van der Waals surface area contributed by atoms with Crippen molar-refractivity contribution in [1.29, 1.82) is 0 Å². The number of hydrogen-bond donors (Lipinski definition) is 1. The van der Waals surface area contributed by atoms with E-state index in [-0.39, 0.29) is 11.6 Å². The van der Waals surface area contributed by atoms with Crippen molar-refractivity contribution in [3.63, 3.8) is 0 Å². The topological polar surface area (TPSA) is 88.0 Å². The highest BCUT2D eigenvalue weighted by molar-refractivity contribution is 6.12. The van der Waals surface area contributed by atoms with Crippen LogP contribution in [0.2, 0.25) is 0 Å². The van der Waals surface area contributed by atoms with Gasteiger partial charge in [-0.15, -0.1) is 0 Å². The number of nitrogens with one attached hydrogen (secondary N) is 1. The maximum Gasteiger partial charge on any atom is 0.292 e. The van der Waals surface area contributed by atoms with Crippen molar-refractivity contribution in [2.45, 2.75) is 6.17 Å². The van der Waals surface area contributed by atoms with Gasteiger partial charge in [-0.2, -0.15) is 0 Å². The number of rotatable bonds is 5. The molecule has 0 saturated heterocycles. The van der Waals surface area contributed by atoms with E-state index in [1.54, 1.807) is 67.4 Å². The summed E-state index contributed by atoms with van der Waals surface area (Å²) in [7, 11) is 5.05. The van der Waals surface area contributed by atoms with Gasteiger partial charge in [-0.3, -0.25) is 19.8 Å². The number of para-hydroxylation sites is 3. The molecule has 0 bridgehead atoms. The molecule has 8 nitrogen and oxygen atoms in total. The summed E-state index contributed by atoms with van der Waals surface area (Å²) in [4.78, 5) is 28.1. The predicted octanol–water partition coefficient (Wildman–Crippen LogP) is 4.44. The van der Waals surface area contributed by atoms with Gasteiger partial charge >= 0.3 is 0 Å². The Morgan fingerprint density at radius 2 is 1.77 bits per heavy atom. The fourth-order valence-electron chi connectivity index (χ4n) is 3.80. The molecule has 1 aliphatic heterocycles. The van der Waals surface area contributed by atoms with E-state index in [1.807, 2.05) is 24.3 Å². The zero-order valence-corrected chi connectivity index (χ0v) is 17.4. The molecule has 0 saturated carbocycles. The summed E-state index contributed by atoms with van der Waals surface area (Å²) in [6.07, 6.45) is -0.659. The van der Waals surface area contributed by atoms with Crippen molar-refractivity contribution >= 4 is 28.7 Å². The summed E-state index contributed by atoms with van der Waals surface area (Å²) in [5, 5.41) is 15.1. The lowest BCUT2D eigenvalue weighted by Crippen LogP contribution is -2.43. The second-order valence-corrected chi connectivity index (χ2v) is 7.34. The van der Waals surface area contributed by atoms with E-state index in [9.17, 15) is 14.9 Å². The van der Waals surface area contributed by atoms with Crippen LogP contribution in [0.5, 0.6) is 5.75 Å². The molecule has 31 heavy (non-hydrogen) atoms. The first-order valence-corrected chi connectivity index (χ1v) is 9.70. The lowest BCUT2D eigenvalue weighted by molar-refractivity contribution is -0.384. The van der Waals surface area contributed by atoms with Gasteiger partial charge in [0.2, 0.25) is 0 Å². The fourth-order valence-corrected chi connectivity index (χ4v) is 3.80. The largest absolute Gasteiger partial charge is 0.495 e. The van der Waals surface area contributed by atoms with E-state index in [1.165, 1.54) is 6.07 Å². The van der Waals surface area contributed by atoms with Crippen LogP contribution in [0.3, 0.4) is 0 Å². The highest BCUT2D eigenvalue weighted by Crippen LogP contribution is 2.41. The van der Waals surface area contributed by atoms with Crippen LogP contribution in [-0.4, -0.2) is 32.0 Å². The second-order valence-electron chi connectivity index (χ2n) is 7.34. The Balaban J connectivity index is 1.91. The number of carbonyl (C=O) groups is 1. The van der Waals surface area contributed by atoms with Gasteiger partial charge in [0.25, 0.3) is 11.6 Å². The van der Waals surface area contributed by atoms with Crippen LogP contribution in [0.4, 0.5) is 22.7 Å². The third-order valence-electron chi connectivity index (χ3n) is 5.27. The minimum absolute atomic E-state index is 0.0319. The van der Waals surface area contributed by atoms with Crippen molar-refractivity contribution in [1.82, 2.24) is 0 Å². The number of benzene rings is 3. The minimum Gasteiger partial charge on any atom is -0.495 e. The van der Waals surface area contributed by atoms with Crippen LogP contribution >= 0.6 is 0 Å². The zero-order valence-electron chi connectivity index (χ0n) is 17.4. The van der Waals surface area contributed by atoms with Gasteiger partial charge in [0, 0.05) is 31.4 Å². The molecule has 0 aliphatic carbocycles. The molecule has 158 valence electrons. The molecule has 8 heteroatoms. The predicted molar refractivity (Wildman–Crippen MR) is 120 cm³/mol. The number of nitro benzene ring substituents is 1. The molecule has 0 aromatic heterocycles. The Kier molecular flexibility index (Phi) is 5.21. The fraction of sp³-hybridized carbons (Fsp3) is 0.174. The molecule has 0 unspecified atom stereocenters. The summed E-state index contributed by atoms with van der Waals surface area (Å²) >= 11 is 0. The second kappa shape index (κ2) is 7.98. The van der Waals surface area contributed by atoms with Crippen LogP contribution in [0.25, 0.3) is 0 Å². The van der Waals surface area contributed by atoms with Gasteiger partial charge in [-0.05, 0) is 30.3 Å². The molecular weight excluding hydrogens is 396 g/mol. The quantitative estimate of drug-likeness (QED) is 0.487. The first kappa shape index (κ1) is 20.2. The maximum atomic E-state index is 13.6. The van der Waals surface area contributed by atoms with Gasteiger partial charge in [0.1, 0.15) is 17.6 Å². The molecule has 4 rings (SSSR count). The van der Waals surface area contributed by atoms with Crippen LogP contribution in [0.15, 0.2) is 66.7 Å². The Labute approximate surface area is 179 Å². The van der Waals surface area contributed by atoms with Gasteiger partial charge in [0.05, 0.1) is 23.3 Å². The van der Waals surface area contributed by atoms with Crippen molar-refractivity contribution in [2.24, 2.45) is 0 Å². The number of fused-ring (bicyclic) bond motifs is 1. The van der Waals surface area contributed by atoms with Gasteiger partial charge in [-0.1, -0.05) is 30.3 Å². The highest BCUT2D eigenvalue weighted by Gasteiger charge is 2.36. The van der Waals surface area contributed by atoms with Crippen molar-refractivity contribution in [3.8, 4) is 5.75 Å². The van der Waals surface area contributed by atoms with Crippen molar-refractivity contribution < 1.29 is 14.5 Å². The van der Waals surface area contributed by atoms with Crippen LogP contribution in [0.1, 0.15) is 22.1 Å². The third-order valence-corrected chi connectivity index (χ3v) is 5.27. The van der Waals surface area contributed by atoms with E-state index in [4.69, 9.17) is 4.74 Å². The summed E-state index contributed by atoms with van der Waals surface area (Å²) in [5.41, 5.74) is 2.80. The molecule has 1 heterocycles. The number of carbonyl (C=O) groups excluding carboxylic acids is 1. The number of anilines is 3. The van der Waals surface area contributed by atoms with E-state index in [0.29, 0.717) is 33.9 Å². The number of amides is 1. The molecule has 1 aliphatic rings. The summed E-state index contributed by atoms with van der Waals surface area (Å²) < 4.78 is 5.50. The minimum atomic E-state index is -0.659. The lowest BCUT2D eigenvalue weighted by Gasteiger charge is -2.38. The van der Waals surface area contributed by atoms with E-state index < -0.39 is 11.1 Å². The van der Waals surface area contributed by atoms with Crippen LogP contribution in [0, 0.1) is 10.1 Å². The molecule has 0 radical (unpaired) electrons.